The Morgan fingerprint density at radius 1 is 0.917 bits per heavy atom. The van der Waals surface area contributed by atoms with Crippen molar-refractivity contribution >= 4 is 5.91 Å². The lowest BCUT2D eigenvalue weighted by Gasteiger charge is -2.11. The Morgan fingerprint density at radius 3 is 2.33 bits per heavy atom. The highest BCUT2D eigenvalue weighted by atomic mass is 16.5. The zero-order valence-corrected chi connectivity index (χ0v) is 14.8. The summed E-state index contributed by atoms with van der Waals surface area (Å²) in [5.74, 6) is 1.42. The monoisotopic (exact) mass is 327 g/mol. The van der Waals surface area contributed by atoms with Gasteiger partial charge in [-0.15, -0.1) is 0 Å². The molecule has 24 heavy (non-hydrogen) atoms. The number of hydrogen-bond donors (Lipinski definition) is 1. The van der Waals surface area contributed by atoms with Crippen LogP contribution in [0.1, 0.15) is 22.3 Å². The fourth-order valence-electron chi connectivity index (χ4n) is 2.43. The fraction of sp³-hybridized carbons (Fsp3) is 0.350. The first-order chi connectivity index (χ1) is 11.4. The van der Waals surface area contributed by atoms with Crippen molar-refractivity contribution in [2.24, 2.45) is 0 Å². The number of carbonyl (C=O) groups is 1. The van der Waals surface area contributed by atoms with Crippen LogP contribution in [-0.2, 0) is 4.79 Å². The Bertz CT molecular complexity index is 690. The summed E-state index contributed by atoms with van der Waals surface area (Å²) >= 11 is 0. The third-order valence-corrected chi connectivity index (χ3v) is 3.59. The van der Waals surface area contributed by atoms with Crippen LogP contribution >= 0.6 is 0 Å². The molecule has 0 heterocycles. The van der Waals surface area contributed by atoms with E-state index in [-0.39, 0.29) is 12.5 Å². The molecule has 0 saturated carbocycles. The van der Waals surface area contributed by atoms with Crippen LogP contribution in [0.15, 0.2) is 36.4 Å². The van der Waals surface area contributed by atoms with E-state index in [0.29, 0.717) is 18.9 Å². The van der Waals surface area contributed by atoms with Crippen molar-refractivity contribution in [3.05, 3.63) is 58.7 Å². The maximum absolute atomic E-state index is 11.8. The molecule has 0 radical (unpaired) electrons. The predicted octanol–water partition coefficient (Wildman–Crippen LogP) is 3.49. The maximum Gasteiger partial charge on any atom is 0.258 e. The van der Waals surface area contributed by atoms with Gasteiger partial charge in [0, 0.05) is 0 Å². The molecule has 4 heteroatoms. The number of hydrogen-bond acceptors (Lipinski definition) is 3. The molecule has 2 rings (SSSR count). The van der Waals surface area contributed by atoms with Crippen molar-refractivity contribution in [1.29, 1.82) is 0 Å². The van der Waals surface area contributed by atoms with Crippen molar-refractivity contribution in [2.75, 3.05) is 19.8 Å². The van der Waals surface area contributed by atoms with Crippen LogP contribution in [0.25, 0.3) is 0 Å². The van der Waals surface area contributed by atoms with Crippen LogP contribution in [0.4, 0.5) is 0 Å². The van der Waals surface area contributed by atoms with Gasteiger partial charge in [-0.2, -0.15) is 0 Å². The molecule has 0 spiro atoms. The quantitative estimate of drug-likeness (QED) is 0.792. The van der Waals surface area contributed by atoms with Gasteiger partial charge < -0.3 is 14.8 Å². The van der Waals surface area contributed by atoms with Gasteiger partial charge in [0.25, 0.3) is 5.91 Å². The zero-order valence-electron chi connectivity index (χ0n) is 14.8. The third kappa shape index (κ3) is 5.61. The van der Waals surface area contributed by atoms with E-state index < -0.39 is 0 Å². The summed E-state index contributed by atoms with van der Waals surface area (Å²) < 4.78 is 11.2. The topological polar surface area (TPSA) is 47.6 Å². The minimum atomic E-state index is -0.154. The van der Waals surface area contributed by atoms with Crippen molar-refractivity contribution in [1.82, 2.24) is 5.32 Å². The maximum atomic E-state index is 11.8. The summed E-state index contributed by atoms with van der Waals surface area (Å²) in [6.07, 6.45) is 0. The molecule has 4 nitrogen and oxygen atoms in total. The van der Waals surface area contributed by atoms with E-state index in [2.05, 4.69) is 11.4 Å². The van der Waals surface area contributed by atoms with Gasteiger partial charge in [0.05, 0.1) is 6.54 Å². The van der Waals surface area contributed by atoms with E-state index in [0.717, 1.165) is 28.0 Å². The van der Waals surface area contributed by atoms with E-state index in [1.54, 1.807) is 0 Å². The highest BCUT2D eigenvalue weighted by Crippen LogP contribution is 2.18. The Morgan fingerprint density at radius 2 is 1.62 bits per heavy atom. The lowest BCUT2D eigenvalue weighted by Crippen LogP contribution is -2.32. The van der Waals surface area contributed by atoms with Crippen LogP contribution in [0, 0.1) is 27.7 Å². The normalized spacial score (nSPS) is 10.3. The molecule has 0 unspecified atom stereocenters. The Labute approximate surface area is 143 Å². The van der Waals surface area contributed by atoms with Gasteiger partial charge in [-0.25, -0.2) is 0 Å². The van der Waals surface area contributed by atoms with Gasteiger partial charge in [-0.05, 0) is 68.1 Å². The fourth-order valence-corrected chi connectivity index (χ4v) is 2.43. The second-order valence-electron chi connectivity index (χ2n) is 6.08. The molecule has 1 N–H and O–H groups in total. The van der Waals surface area contributed by atoms with Crippen molar-refractivity contribution in [2.45, 2.75) is 27.7 Å². The zero-order chi connectivity index (χ0) is 17.5. The Kier molecular flexibility index (Phi) is 6.24. The number of carbonyl (C=O) groups excluding carboxylic acids is 1. The van der Waals surface area contributed by atoms with Gasteiger partial charge in [-0.3, -0.25) is 4.79 Å². The van der Waals surface area contributed by atoms with E-state index in [4.69, 9.17) is 9.47 Å². The van der Waals surface area contributed by atoms with Crippen LogP contribution in [0.5, 0.6) is 11.5 Å². The molecule has 1 amide bonds. The molecule has 0 atom stereocenters. The van der Waals surface area contributed by atoms with E-state index in [1.165, 1.54) is 0 Å². The molecule has 0 bridgehead atoms. The van der Waals surface area contributed by atoms with Gasteiger partial charge in [-0.1, -0.05) is 18.2 Å². The van der Waals surface area contributed by atoms with Gasteiger partial charge in [0.1, 0.15) is 18.1 Å². The van der Waals surface area contributed by atoms with Crippen molar-refractivity contribution in [3.8, 4) is 11.5 Å². The van der Waals surface area contributed by atoms with Crippen LogP contribution in [0.3, 0.4) is 0 Å². The molecular formula is C20H25NO3. The lowest BCUT2D eigenvalue weighted by molar-refractivity contribution is -0.123. The molecule has 128 valence electrons. The average molecular weight is 327 g/mol. The van der Waals surface area contributed by atoms with Gasteiger partial charge >= 0.3 is 0 Å². The van der Waals surface area contributed by atoms with Crippen LogP contribution in [0.2, 0.25) is 0 Å². The van der Waals surface area contributed by atoms with E-state index in [9.17, 15) is 4.79 Å². The molecule has 0 saturated heterocycles. The summed E-state index contributed by atoms with van der Waals surface area (Å²) in [7, 11) is 0. The SMILES string of the molecule is Cc1cc(C)cc(OCC(=O)NCCOc2cc(C)ccc2C)c1. The minimum absolute atomic E-state index is 0.00632. The molecule has 0 aliphatic carbocycles. The summed E-state index contributed by atoms with van der Waals surface area (Å²) in [6.45, 7) is 8.92. The summed E-state index contributed by atoms with van der Waals surface area (Å²) in [6, 6.07) is 12.0. The Balaban J connectivity index is 1.70. The van der Waals surface area contributed by atoms with Gasteiger partial charge in [0.2, 0.25) is 0 Å². The van der Waals surface area contributed by atoms with Crippen LogP contribution in [-0.4, -0.2) is 25.7 Å². The summed E-state index contributed by atoms with van der Waals surface area (Å²) in [5, 5.41) is 2.80. The van der Waals surface area contributed by atoms with Crippen molar-refractivity contribution in [3.63, 3.8) is 0 Å². The number of ether oxygens (including phenoxy) is 2. The highest BCUT2D eigenvalue weighted by molar-refractivity contribution is 5.77. The molecule has 2 aromatic rings. The largest absolute Gasteiger partial charge is 0.491 e. The molecule has 2 aromatic carbocycles. The first-order valence-electron chi connectivity index (χ1n) is 8.12. The second kappa shape index (κ2) is 8.39. The Hall–Kier alpha value is -2.49. The number of nitrogens with one attached hydrogen (secondary N) is 1. The number of benzene rings is 2. The molecule has 0 fully saturated rings. The minimum Gasteiger partial charge on any atom is -0.491 e. The number of amides is 1. The highest BCUT2D eigenvalue weighted by Gasteiger charge is 2.04. The second-order valence-corrected chi connectivity index (χ2v) is 6.08. The first-order valence-corrected chi connectivity index (χ1v) is 8.12. The lowest BCUT2D eigenvalue weighted by atomic mass is 10.1. The molecular weight excluding hydrogens is 302 g/mol. The van der Waals surface area contributed by atoms with Gasteiger partial charge in [0.15, 0.2) is 6.61 Å². The standard InChI is InChI=1S/C20H25NO3/c1-14-5-6-17(4)19(12-14)23-8-7-21-20(22)13-24-18-10-15(2)9-16(3)11-18/h5-6,9-12H,7-8,13H2,1-4H3,(H,21,22). The van der Waals surface area contributed by atoms with Crippen LogP contribution < -0.4 is 14.8 Å². The smallest absolute Gasteiger partial charge is 0.258 e. The molecule has 0 aliphatic heterocycles. The first kappa shape index (κ1) is 17.9. The number of aryl methyl sites for hydroxylation is 4. The third-order valence-electron chi connectivity index (χ3n) is 3.59. The summed E-state index contributed by atoms with van der Waals surface area (Å²) in [5.41, 5.74) is 4.48. The molecule has 0 aliphatic rings. The molecule has 0 aromatic heterocycles. The van der Waals surface area contributed by atoms with E-state index in [1.807, 2.05) is 58.0 Å². The number of rotatable bonds is 7. The van der Waals surface area contributed by atoms with Crippen molar-refractivity contribution < 1.29 is 14.3 Å². The van der Waals surface area contributed by atoms with E-state index >= 15 is 0 Å². The average Bonchev–Trinajstić information content (AvgIpc) is 2.52. The summed E-state index contributed by atoms with van der Waals surface area (Å²) in [4.78, 5) is 11.8. The predicted molar refractivity (Wildman–Crippen MR) is 95.8 cm³/mol.